The number of carbonyl (C=O) groups excluding carboxylic acids is 3. The van der Waals surface area contributed by atoms with Crippen LogP contribution in [-0.4, -0.2) is 90.7 Å². The number of amides is 3. The van der Waals surface area contributed by atoms with Gasteiger partial charge in [-0.25, -0.2) is 4.79 Å². The molecule has 1 N–H and O–H groups in total. The summed E-state index contributed by atoms with van der Waals surface area (Å²) < 4.78 is 4.88. The minimum Gasteiger partial charge on any atom is -0.450 e. The fraction of sp³-hybridized carbons (Fsp3) is 0.750. The monoisotopic (exact) mass is 287 g/mol. The zero-order chi connectivity index (χ0) is 15.1. The smallest absolute Gasteiger partial charge is 0.409 e. The van der Waals surface area contributed by atoms with Crippen LogP contribution in [0.2, 0.25) is 0 Å². The molecule has 0 aliphatic carbocycles. The van der Waals surface area contributed by atoms with E-state index in [9.17, 15) is 14.4 Å². The zero-order valence-electron chi connectivity index (χ0n) is 11.9. The van der Waals surface area contributed by atoms with Gasteiger partial charge in [0.05, 0.1) is 13.2 Å². The molecule has 0 aromatic carbocycles. The molecule has 8 heteroatoms. The number of nitrogens with zero attached hydrogens (tertiary/aromatic N) is 3. The maximum atomic E-state index is 11.9. The number of rotatable bonds is 3. The van der Waals surface area contributed by atoms with Crippen LogP contribution in [0.1, 0.15) is 6.92 Å². The third-order valence-corrected chi connectivity index (χ3v) is 3.06. The van der Waals surface area contributed by atoms with Crippen LogP contribution in [-0.2, 0) is 14.3 Å². The van der Waals surface area contributed by atoms with Gasteiger partial charge in [-0.1, -0.05) is 0 Å². The molecule has 1 aliphatic rings. The minimum absolute atomic E-state index is 0.118. The lowest BCUT2D eigenvalue weighted by atomic mass is 10.3. The van der Waals surface area contributed by atoms with Crippen molar-refractivity contribution in [1.29, 1.82) is 0 Å². The Kier molecular flexibility index (Phi) is 6.23. The Morgan fingerprint density at radius 2 is 1.70 bits per heavy atom. The number of piperazine rings is 1. The van der Waals surface area contributed by atoms with E-state index >= 15 is 0 Å². The number of likely N-dealkylation sites (N-methyl/N-ethyl adjacent to an activating group) is 1. The minimum atomic E-state index is -0.649. The molecule has 0 radical (unpaired) electrons. The molecule has 3 amide bonds. The fourth-order valence-electron chi connectivity index (χ4n) is 1.86. The molecule has 1 saturated heterocycles. The SMILES string of the molecule is CCOC(=O)N1CCN(C(=O)C(=O)N(C)CCO)CC1. The largest absolute Gasteiger partial charge is 0.450 e. The van der Waals surface area contributed by atoms with Gasteiger partial charge in [0.1, 0.15) is 0 Å². The summed E-state index contributed by atoms with van der Waals surface area (Å²) in [5.74, 6) is -1.26. The van der Waals surface area contributed by atoms with Gasteiger partial charge in [0.2, 0.25) is 0 Å². The Balaban J connectivity index is 2.46. The molecule has 1 heterocycles. The summed E-state index contributed by atoms with van der Waals surface area (Å²) in [5, 5.41) is 8.75. The number of carbonyl (C=O) groups is 3. The lowest BCUT2D eigenvalue weighted by molar-refractivity contribution is -0.152. The molecule has 0 atom stereocenters. The predicted molar refractivity (Wildman–Crippen MR) is 69.9 cm³/mol. The van der Waals surface area contributed by atoms with E-state index in [0.29, 0.717) is 32.8 Å². The first-order valence-corrected chi connectivity index (χ1v) is 6.58. The highest BCUT2D eigenvalue weighted by atomic mass is 16.6. The van der Waals surface area contributed by atoms with Crippen LogP contribution in [0.4, 0.5) is 4.79 Å². The summed E-state index contributed by atoms with van der Waals surface area (Å²) in [4.78, 5) is 39.3. The molecule has 0 aromatic heterocycles. The molecule has 20 heavy (non-hydrogen) atoms. The van der Waals surface area contributed by atoms with Crippen LogP contribution in [0, 0.1) is 0 Å². The normalized spacial score (nSPS) is 14.9. The average molecular weight is 287 g/mol. The second-order valence-electron chi connectivity index (χ2n) is 4.43. The van der Waals surface area contributed by atoms with Gasteiger partial charge in [-0.05, 0) is 6.92 Å². The molecular formula is C12H21N3O5. The van der Waals surface area contributed by atoms with Crippen molar-refractivity contribution in [2.75, 3.05) is 53.0 Å². The highest BCUT2D eigenvalue weighted by Gasteiger charge is 2.29. The Labute approximate surface area is 117 Å². The van der Waals surface area contributed by atoms with Crippen molar-refractivity contribution in [3.63, 3.8) is 0 Å². The maximum absolute atomic E-state index is 11.9. The summed E-state index contributed by atoms with van der Waals surface area (Å²) in [6.07, 6.45) is -0.400. The molecule has 0 unspecified atom stereocenters. The fourth-order valence-corrected chi connectivity index (χ4v) is 1.86. The van der Waals surface area contributed by atoms with Gasteiger partial charge in [0, 0.05) is 39.8 Å². The molecule has 1 rings (SSSR count). The van der Waals surface area contributed by atoms with Gasteiger partial charge in [0.15, 0.2) is 0 Å². The number of aliphatic hydroxyl groups excluding tert-OH is 1. The first-order chi connectivity index (χ1) is 9.51. The zero-order valence-corrected chi connectivity index (χ0v) is 11.9. The first-order valence-electron chi connectivity index (χ1n) is 6.58. The van der Waals surface area contributed by atoms with Crippen LogP contribution in [0.25, 0.3) is 0 Å². The molecule has 8 nitrogen and oxygen atoms in total. The van der Waals surface area contributed by atoms with E-state index in [4.69, 9.17) is 9.84 Å². The number of aliphatic hydroxyl groups is 1. The Hall–Kier alpha value is -1.83. The van der Waals surface area contributed by atoms with E-state index in [1.54, 1.807) is 6.92 Å². The van der Waals surface area contributed by atoms with Crippen molar-refractivity contribution in [1.82, 2.24) is 14.7 Å². The van der Waals surface area contributed by atoms with Gasteiger partial charge in [0.25, 0.3) is 0 Å². The summed E-state index contributed by atoms with van der Waals surface area (Å²) in [6.45, 7) is 3.27. The van der Waals surface area contributed by atoms with Crippen molar-refractivity contribution in [2.45, 2.75) is 6.92 Å². The second kappa shape index (κ2) is 7.68. The number of hydrogen-bond acceptors (Lipinski definition) is 5. The van der Waals surface area contributed by atoms with Crippen molar-refractivity contribution in [3.8, 4) is 0 Å². The molecule has 0 aromatic rings. The van der Waals surface area contributed by atoms with Gasteiger partial charge >= 0.3 is 17.9 Å². The lowest BCUT2D eigenvalue weighted by Crippen LogP contribution is -2.54. The predicted octanol–water partition coefficient (Wildman–Crippen LogP) is -1.26. The van der Waals surface area contributed by atoms with Gasteiger partial charge in [-0.15, -0.1) is 0 Å². The highest BCUT2D eigenvalue weighted by molar-refractivity contribution is 6.34. The number of ether oxygens (including phenoxy) is 1. The quantitative estimate of drug-likeness (QED) is 0.654. The molecule has 1 fully saturated rings. The lowest BCUT2D eigenvalue weighted by Gasteiger charge is -2.34. The van der Waals surface area contributed by atoms with Crippen molar-refractivity contribution >= 4 is 17.9 Å². The van der Waals surface area contributed by atoms with Crippen LogP contribution in [0.15, 0.2) is 0 Å². The van der Waals surface area contributed by atoms with E-state index in [2.05, 4.69) is 0 Å². The molecule has 0 bridgehead atoms. The molecular weight excluding hydrogens is 266 g/mol. The van der Waals surface area contributed by atoms with Gasteiger partial charge in [-0.3, -0.25) is 9.59 Å². The third-order valence-electron chi connectivity index (χ3n) is 3.06. The first kappa shape index (κ1) is 16.2. The molecule has 1 aliphatic heterocycles. The number of hydrogen-bond donors (Lipinski definition) is 1. The van der Waals surface area contributed by atoms with E-state index in [-0.39, 0.29) is 13.2 Å². The maximum Gasteiger partial charge on any atom is 0.409 e. The van der Waals surface area contributed by atoms with Crippen molar-refractivity contribution in [2.24, 2.45) is 0 Å². The summed E-state index contributed by atoms with van der Waals surface area (Å²) >= 11 is 0. The third kappa shape index (κ3) is 4.09. The average Bonchev–Trinajstić information content (AvgIpc) is 2.46. The van der Waals surface area contributed by atoms with Crippen LogP contribution < -0.4 is 0 Å². The van der Waals surface area contributed by atoms with Crippen molar-refractivity contribution in [3.05, 3.63) is 0 Å². The summed E-state index contributed by atoms with van der Waals surface area (Å²) in [7, 11) is 1.46. The molecule has 0 saturated carbocycles. The van der Waals surface area contributed by atoms with Crippen LogP contribution in [0.3, 0.4) is 0 Å². The van der Waals surface area contributed by atoms with E-state index in [0.717, 1.165) is 0 Å². The highest BCUT2D eigenvalue weighted by Crippen LogP contribution is 2.05. The Morgan fingerprint density at radius 1 is 1.15 bits per heavy atom. The second-order valence-corrected chi connectivity index (χ2v) is 4.43. The summed E-state index contributed by atoms with van der Waals surface area (Å²) in [6, 6.07) is 0. The Morgan fingerprint density at radius 3 is 2.20 bits per heavy atom. The summed E-state index contributed by atoms with van der Waals surface area (Å²) in [5.41, 5.74) is 0. The van der Waals surface area contributed by atoms with Crippen LogP contribution in [0.5, 0.6) is 0 Å². The van der Waals surface area contributed by atoms with Gasteiger partial charge in [-0.2, -0.15) is 0 Å². The van der Waals surface area contributed by atoms with E-state index in [1.165, 1.54) is 21.7 Å². The van der Waals surface area contributed by atoms with Crippen molar-refractivity contribution < 1.29 is 24.2 Å². The Bertz CT molecular complexity index is 366. The van der Waals surface area contributed by atoms with E-state index in [1.807, 2.05) is 0 Å². The standard InChI is InChI=1S/C12H21N3O5/c1-3-20-12(19)15-6-4-14(5-7-15)11(18)10(17)13(2)8-9-16/h16H,3-9H2,1-2H3. The molecule has 114 valence electrons. The topological polar surface area (TPSA) is 90.4 Å². The van der Waals surface area contributed by atoms with E-state index < -0.39 is 17.9 Å². The molecule has 0 spiro atoms. The van der Waals surface area contributed by atoms with Gasteiger partial charge < -0.3 is 24.5 Å². The van der Waals surface area contributed by atoms with Crippen LogP contribution >= 0.6 is 0 Å².